The fourth-order valence-corrected chi connectivity index (χ4v) is 1.88. The van der Waals surface area contributed by atoms with Gasteiger partial charge >= 0.3 is 0 Å². The number of hydrogen-bond donors (Lipinski definition) is 1. The van der Waals surface area contributed by atoms with Crippen molar-refractivity contribution in [2.75, 3.05) is 13.2 Å². The molecule has 0 aromatic carbocycles. The Morgan fingerprint density at radius 3 is 2.93 bits per heavy atom. The lowest BCUT2D eigenvalue weighted by molar-refractivity contribution is 0.0646. The third kappa shape index (κ3) is 3.81. The smallest absolute Gasteiger partial charge is 0.0619 e. The maximum atomic E-state index is 5.44. The van der Waals surface area contributed by atoms with Gasteiger partial charge in [-0.1, -0.05) is 13.0 Å². The summed E-state index contributed by atoms with van der Waals surface area (Å²) in [5.74, 6) is 0.662. The molecule has 1 heterocycles. The molecule has 2 nitrogen and oxygen atoms in total. The number of nitrogens with one attached hydrogen (secondary N) is 1. The highest BCUT2D eigenvalue weighted by Gasteiger charge is 2.18. The second kappa shape index (κ2) is 6.20. The summed E-state index contributed by atoms with van der Waals surface area (Å²) in [5, 5.41) is 3.63. The molecule has 0 aromatic rings. The molecule has 14 heavy (non-hydrogen) atoms. The zero-order chi connectivity index (χ0) is 10.4. The Morgan fingerprint density at radius 2 is 2.36 bits per heavy atom. The van der Waals surface area contributed by atoms with Gasteiger partial charge in [0.25, 0.3) is 0 Å². The van der Waals surface area contributed by atoms with Gasteiger partial charge < -0.3 is 10.1 Å². The van der Waals surface area contributed by atoms with E-state index in [1.165, 1.54) is 12.8 Å². The van der Waals surface area contributed by atoms with E-state index in [-0.39, 0.29) is 0 Å². The second-order valence-electron chi connectivity index (χ2n) is 4.37. The minimum atomic E-state index is 0.555. The predicted octanol–water partition coefficient (Wildman–Crippen LogP) is 2.36. The van der Waals surface area contributed by atoms with Crippen molar-refractivity contribution in [1.29, 1.82) is 0 Å². The van der Waals surface area contributed by atoms with Gasteiger partial charge in [-0.3, -0.25) is 0 Å². The molecule has 0 spiro atoms. The van der Waals surface area contributed by atoms with Gasteiger partial charge in [0.1, 0.15) is 0 Å². The predicted molar refractivity (Wildman–Crippen MR) is 60.4 cm³/mol. The zero-order valence-corrected chi connectivity index (χ0v) is 9.46. The summed E-state index contributed by atoms with van der Waals surface area (Å²) in [6.45, 7) is 10.1. The molecule has 0 aromatic heterocycles. The molecule has 0 amide bonds. The minimum absolute atomic E-state index is 0.555. The highest BCUT2D eigenvalue weighted by Crippen LogP contribution is 2.12. The molecular formula is C12H23NO. The van der Waals surface area contributed by atoms with Crippen LogP contribution >= 0.6 is 0 Å². The van der Waals surface area contributed by atoms with Gasteiger partial charge in [-0.25, -0.2) is 0 Å². The van der Waals surface area contributed by atoms with Gasteiger partial charge in [-0.2, -0.15) is 0 Å². The van der Waals surface area contributed by atoms with Gasteiger partial charge in [0.15, 0.2) is 0 Å². The molecule has 1 aliphatic heterocycles. The van der Waals surface area contributed by atoms with E-state index in [1.807, 2.05) is 6.08 Å². The highest BCUT2D eigenvalue weighted by molar-refractivity contribution is 4.81. The maximum absolute atomic E-state index is 5.44. The summed E-state index contributed by atoms with van der Waals surface area (Å²) in [6.07, 6.45) is 5.54. The minimum Gasteiger partial charge on any atom is -0.380 e. The van der Waals surface area contributed by atoms with E-state index in [0.29, 0.717) is 18.0 Å². The van der Waals surface area contributed by atoms with Gasteiger partial charge in [-0.05, 0) is 32.1 Å². The van der Waals surface area contributed by atoms with Crippen LogP contribution in [0.1, 0.15) is 33.1 Å². The molecule has 0 bridgehead atoms. The molecule has 82 valence electrons. The molecule has 0 saturated carbocycles. The Balaban J connectivity index is 2.23. The van der Waals surface area contributed by atoms with Crippen LogP contribution in [0.4, 0.5) is 0 Å². The first-order valence-electron chi connectivity index (χ1n) is 5.68. The normalized spacial score (nSPS) is 26.9. The van der Waals surface area contributed by atoms with Crippen molar-refractivity contribution in [3.8, 4) is 0 Å². The lowest BCUT2D eigenvalue weighted by Crippen LogP contribution is -2.44. The fraction of sp³-hybridized carbons (Fsp3) is 0.833. The van der Waals surface area contributed by atoms with Gasteiger partial charge in [0.05, 0.1) is 6.61 Å². The summed E-state index contributed by atoms with van der Waals surface area (Å²) < 4.78 is 5.44. The SMILES string of the molecule is C=CCC(C)C(C)NC1CCCOC1. The van der Waals surface area contributed by atoms with Gasteiger partial charge in [0, 0.05) is 18.7 Å². The van der Waals surface area contributed by atoms with Crippen LogP contribution in [-0.4, -0.2) is 25.3 Å². The molecule has 2 heteroatoms. The first-order valence-corrected chi connectivity index (χ1v) is 5.68. The molecule has 1 fully saturated rings. The monoisotopic (exact) mass is 197 g/mol. The van der Waals surface area contributed by atoms with Gasteiger partial charge in [-0.15, -0.1) is 6.58 Å². The third-order valence-electron chi connectivity index (χ3n) is 3.05. The van der Waals surface area contributed by atoms with E-state index in [0.717, 1.165) is 19.6 Å². The van der Waals surface area contributed by atoms with E-state index in [1.54, 1.807) is 0 Å². The average molecular weight is 197 g/mol. The van der Waals surface area contributed by atoms with Crippen LogP contribution in [0, 0.1) is 5.92 Å². The Hall–Kier alpha value is -0.340. The van der Waals surface area contributed by atoms with Crippen LogP contribution in [0.15, 0.2) is 12.7 Å². The number of allylic oxidation sites excluding steroid dienone is 1. The Kier molecular flexibility index (Phi) is 5.20. The second-order valence-corrected chi connectivity index (χ2v) is 4.37. The van der Waals surface area contributed by atoms with E-state index < -0.39 is 0 Å². The summed E-state index contributed by atoms with van der Waals surface area (Å²) in [7, 11) is 0. The van der Waals surface area contributed by atoms with Gasteiger partial charge in [0.2, 0.25) is 0 Å². The van der Waals surface area contributed by atoms with Crippen molar-refractivity contribution in [2.45, 2.75) is 45.2 Å². The fourth-order valence-electron chi connectivity index (χ4n) is 1.88. The molecule has 3 unspecified atom stereocenters. The maximum Gasteiger partial charge on any atom is 0.0619 e. The summed E-state index contributed by atoms with van der Waals surface area (Å²) in [6, 6.07) is 1.12. The largest absolute Gasteiger partial charge is 0.380 e. The third-order valence-corrected chi connectivity index (χ3v) is 3.05. The van der Waals surface area contributed by atoms with E-state index >= 15 is 0 Å². The number of rotatable bonds is 5. The Labute approximate surface area is 87.7 Å². The van der Waals surface area contributed by atoms with Crippen LogP contribution in [0.25, 0.3) is 0 Å². The summed E-state index contributed by atoms with van der Waals surface area (Å²) in [5.41, 5.74) is 0. The first kappa shape index (κ1) is 11.7. The lowest BCUT2D eigenvalue weighted by Gasteiger charge is -2.29. The van der Waals surface area contributed by atoms with Crippen molar-refractivity contribution in [3.63, 3.8) is 0 Å². The van der Waals surface area contributed by atoms with Crippen molar-refractivity contribution in [1.82, 2.24) is 5.32 Å². The first-order chi connectivity index (χ1) is 6.74. The molecule has 1 aliphatic rings. The lowest BCUT2D eigenvalue weighted by atomic mass is 9.98. The topological polar surface area (TPSA) is 21.3 Å². The average Bonchev–Trinajstić information content (AvgIpc) is 2.19. The van der Waals surface area contributed by atoms with Crippen molar-refractivity contribution < 1.29 is 4.74 Å². The number of ether oxygens (including phenoxy) is 1. The molecule has 1 rings (SSSR count). The summed E-state index contributed by atoms with van der Waals surface area (Å²) >= 11 is 0. The quantitative estimate of drug-likeness (QED) is 0.683. The Morgan fingerprint density at radius 1 is 1.57 bits per heavy atom. The molecule has 3 atom stereocenters. The van der Waals surface area contributed by atoms with Crippen molar-refractivity contribution in [2.24, 2.45) is 5.92 Å². The summed E-state index contributed by atoms with van der Waals surface area (Å²) in [4.78, 5) is 0. The zero-order valence-electron chi connectivity index (χ0n) is 9.46. The molecule has 1 saturated heterocycles. The standard InChI is InChI=1S/C12H23NO/c1-4-6-10(2)11(3)13-12-7-5-8-14-9-12/h4,10-13H,1,5-9H2,2-3H3. The van der Waals surface area contributed by atoms with E-state index in [4.69, 9.17) is 4.74 Å². The van der Waals surface area contributed by atoms with Crippen LogP contribution < -0.4 is 5.32 Å². The Bertz CT molecular complexity index is 164. The van der Waals surface area contributed by atoms with Crippen LogP contribution in [0.2, 0.25) is 0 Å². The molecule has 1 N–H and O–H groups in total. The van der Waals surface area contributed by atoms with Crippen molar-refractivity contribution in [3.05, 3.63) is 12.7 Å². The van der Waals surface area contributed by atoms with E-state index in [9.17, 15) is 0 Å². The van der Waals surface area contributed by atoms with E-state index in [2.05, 4.69) is 25.7 Å². The number of hydrogen-bond acceptors (Lipinski definition) is 2. The van der Waals surface area contributed by atoms with Crippen molar-refractivity contribution >= 4 is 0 Å². The highest BCUT2D eigenvalue weighted by atomic mass is 16.5. The molecular weight excluding hydrogens is 174 g/mol. The van der Waals surface area contributed by atoms with Crippen LogP contribution in [0.3, 0.4) is 0 Å². The van der Waals surface area contributed by atoms with Crippen LogP contribution in [0.5, 0.6) is 0 Å². The molecule has 0 radical (unpaired) electrons. The van der Waals surface area contributed by atoms with Crippen LogP contribution in [-0.2, 0) is 4.74 Å². The molecule has 0 aliphatic carbocycles.